The molecule has 0 fully saturated rings. The second-order valence-corrected chi connectivity index (χ2v) is 10.3. The van der Waals surface area contributed by atoms with Crippen molar-refractivity contribution < 1.29 is 14.3 Å². The molecule has 0 radical (unpaired) electrons. The molecule has 6 heteroatoms. The third kappa shape index (κ3) is 6.13. The van der Waals surface area contributed by atoms with E-state index in [1.165, 1.54) is 12.5 Å². The quantitative estimate of drug-likeness (QED) is 0.408. The highest BCUT2D eigenvalue weighted by Crippen LogP contribution is 2.47. The van der Waals surface area contributed by atoms with Crippen molar-refractivity contribution in [3.8, 4) is 0 Å². The normalized spacial score (nSPS) is 17.7. The van der Waals surface area contributed by atoms with Crippen LogP contribution in [-0.2, 0) is 20.9 Å². The van der Waals surface area contributed by atoms with Crippen LogP contribution in [-0.4, -0.2) is 43.0 Å². The Kier molecular flexibility index (Phi) is 7.93. The van der Waals surface area contributed by atoms with Crippen molar-refractivity contribution in [3.63, 3.8) is 0 Å². The van der Waals surface area contributed by atoms with Gasteiger partial charge in [-0.15, -0.1) is 11.8 Å². The lowest BCUT2D eigenvalue weighted by Gasteiger charge is -2.29. The Balaban J connectivity index is 1.66. The zero-order chi connectivity index (χ0) is 24.9. The molecule has 1 amide bonds. The van der Waals surface area contributed by atoms with Gasteiger partial charge in [0.2, 0.25) is 0 Å². The third-order valence-electron chi connectivity index (χ3n) is 6.14. The maximum atomic E-state index is 14.0. The van der Waals surface area contributed by atoms with Gasteiger partial charge in [0.1, 0.15) is 0 Å². The number of ether oxygens (including phenoxy) is 1. The van der Waals surface area contributed by atoms with E-state index in [0.29, 0.717) is 13.1 Å². The van der Waals surface area contributed by atoms with Crippen molar-refractivity contribution >= 4 is 29.3 Å². The number of hydrogen-bond acceptors (Lipinski definition) is 5. The Morgan fingerprint density at radius 3 is 2.37 bits per heavy atom. The number of nitrogens with zero attached hydrogens (tertiary/aromatic N) is 2. The molecule has 0 N–H and O–H groups in total. The van der Waals surface area contributed by atoms with Crippen LogP contribution < -0.4 is 4.90 Å². The molecular weight excluding hydrogens is 456 g/mol. The molecule has 0 aromatic heterocycles. The number of likely N-dealkylation sites (N-methyl/N-ethyl adjacent to an activating group) is 1. The first-order valence-electron chi connectivity index (χ1n) is 11.9. The van der Waals surface area contributed by atoms with E-state index in [1.807, 2.05) is 61.5 Å². The molecular formula is C29H32N2O3S. The average Bonchev–Trinajstić information content (AvgIpc) is 2.93. The molecule has 3 aromatic carbocycles. The van der Waals surface area contributed by atoms with Crippen molar-refractivity contribution in [1.82, 2.24) is 4.90 Å². The van der Waals surface area contributed by atoms with Gasteiger partial charge in [-0.1, -0.05) is 66.2 Å². The second-order valence-electron chi connectivity index (χ2n) is 9.16. The molecule has 1 heterocycles. The first-order chi connectivity index (χ1) is 16.8. The van der Waals surface area contributed by atoms with Gasteiger partial charge in [-0.25, -0.2) is 0 Å². The molecule has 0 bridgehead atoms. The lowest BCUT2D eigenvalue weighted by molar-refractivity contribution is -0.152. The monoisotopic (exact) mass is 488 g/mol. The van der Waals surface area contributed by atoms with Crippen LogP contribution in [0.3, 0.4) is 0 Å². The summed E-state index contributed by atoms with van der Waals surface area (Å²) in [5.74, 6) is -0.640. The van der Waals surface area contributed by atoms with Gasteiger partial charge >= 0.3 is 5.97 Å². The molecule has 1 aliphatic rings. The van der Waals surface area contributed by atoms with Gasteiger partial charge in [0, 0.05) is 31.5 Å². The smallest absolute Gasteiger partial charge is 0.303 e. The predicted molar refractivity (Wildman–Crippen MR) is 142 cm³/mol. The van der Waals surface area contributed by atoms with Crippen molar-refractivity contribution in [2.45, 2.75) is 43.6 Å². The number of thioether (sulfide) groups is 1. The minimum absolute atomic E-state index is 0.186. The molecule has 3 aromatic rings. The SMILES string of the molecule is CC(=O)O[C@@H]1C(=O)N(CCN(C)Cc2ccccc2)c2ccc(C)cc2S[C@@H]1c1ccc(C)cc1. The van der Waals surface area contributed by atoms with Gasteiger partial charge in [-0.05, 0) is 49.7 Å². The van der Waals surface area contributed by atoms with Crippen molar-refractivity contribution in [3.05, 3.63) is 95.1 Å². The number of carbonyl (C=O) groups excluding carboxylic acids is 2. The number of fused-ring (bicyclic) bond motifs is 1. The minimum atomic E-state index is -0.910. The number of esters is 1. The maximum Gasteiger partial charge on any atom is 0.303 e. The highest BCUT2D eigenvalue weighted by molar-refractivity contribution is 7.99. The molecule has 5 nitrogen and oxygen atoms in total. The highest BCUT2D eigenvalue weighted by atomic mass is 32.2. The summed E-state index contributed by atoms with van der Waals surface area (Å²) in [6.07, 6.45) is -0.910. The van der Waals surface area contributed by atoms with Crippen LogP contribution in [0.25, 0.3) is 0 Å². The third-order valence-corrected chi connectivity index (χ3v) is 7.50. The largest absolute Gasteiger partial charge is 0.451 e. The van der Waals surface area contributed by atoms with Crippen molar-refractivity contribution in [2.75, 3.05) is 25.0 Å². The number of carbonyl (C=O) groups is 2. The van der Waals surface area contributed by atoms with E-state index in [9.17, 15) is 9.59 Å². The Hall–Kier alpha value is -3.09. The van der Waals surface area contributed by atoms with Gasteiger partial charge in [0.25, 0.3) is 5.91 Å². The number of anilines is 1. The first-order valence-corrected chi connectivity index (χ1v) is 12.7. The van der Waals surface area contributed by atoms with Crippen LogP contribution in [0.1, 0.15) is 34.4 Å². The summed E-state index contributed by atoms with van der Waals surface area (Å²) >= 11 is 1.59. The summed E-state index contributed by atoms with van der Waals surface area (Å²) < 4.78 is 5.71. The Labute approximate surface area is 212 Å². The standard InChI is InChI=1S/C29H32N2O3S/c1-20-10-13-24(14-11-20)28-27(34-22(3)32)29(33)31(25-15-12-21(2)18-26(25)35-28)17-16-30(4)19-23-8-6-5-7-9-23/h5-15,18,27-28H,16-17,19H2,1-4H3/t27-,28+/m0/s1. The van der Waals surface area contributed by atoms with Gasteiger partial charge in [-0.2, -0.15) is 0 Å². The molecule has 0 saturated carbocycles. The molecule has 0 saturated heterocycles. The molecule has 0 aliphatic carbocycles. The van der Waals surface area contributed by atoms with Crippen LogP contribution in [0.2, 0.25) is 0 Å². The molecule has 182 valence electrons. The maximum absolute atomic E-state index is 14.0. The van der Waals surface area contributed by atoms with Crippen LogP contribution in [0.4, 0.5) is 5.69 Å². The Bertz CT molecular complexity index is 1180. The Morgan fingerprint density at radius 1 is 1.00 bits per heavy atom. The minimum Gasteiger partial charge on any atom is -0.451 e. The zero-order valence-corrected chi connectivity index (χ0v) is 21.5. The van der Waals surface area contributed by atoms with Gasteiger partial charge in [0.15, 0.2) is 6.10 Å². The van der Waals surface area contributed by atoms with E-state index in [1.54, 1.807) is 16.7 Å². The van der Waals surface area contributed by atoms with Crippen LogP contribution in [0.5, 0.6) is 0 Å². The van der Waals surface area contributed by atoms with Gasteiger partial charge < -0.3 is 14.5 Å². The number of hydrogen-bond donors (Lipinski definition) is 0. The number of amides is 1. The molecule has 0 unspecified atom stereocenters. The fraction of sp³-hybridized carbons (Fsp3) is 0.310. The van der Waals surface area contributed by atoms with Crippen molar-refractivity contribution in [2.24, 2.45) is 0 Å². The predicted octanol–water partition coefficient (Wildman–Crippen LogP) is 5.55. The summed E-state index contributed by atoms with van der Waals surface area (Å²) in [6, 6.07) is 24.5. The van der Waals surface area contributed by atoms with Gasteiger partial charge in [0.05, 0.1) is 10.9 Å². The van der Waals surface area contributed by atoms with E-state index in [2.05, 4.69) is 37.1 Å². The first kappa shape index (κ1) is 25.0. The Morgan fingerprint density at radius 2 is 1.69 bits per heavy atom. The van der Waals surface area contributed by atoms with E-state index < -0.39 is 12.1 Å². The summed E-state index contributed by atoms with van der Waals surface area (Å²) in [5, 5.41) is -0.334. The molecule has 0 spiro atoms. The molecule has 4 rings (SSSR count). The fourth-order valence-electron chi connectivity index (χ4n) is 4.30. The average molecular weight is 489 g/mol. The van der Waals surface area contributed by atoms with E-state index in [4.69, 9.17) is 4.74 Å². The summed E-state index contributed by atoms with van der Waals surface area (Å²) in [6.45, 7) is 7.42. The number of rotatable bonds is 7. The van der Waals surface area contributed by atoms with Crippen LogP contribution in [0.15, 0.2) is 77.7 Å². The van der Waals surface area contributed by atoms with Crippen LogP contribution in [0, 0.1) is 13.8 Å². The van der Waals surface area contributed by atoms with E-state index in [0.717, 1.165) is 33.8 Å². The lowest BCUT2D eigenvalue weighted by atomic mass is 10.0. The lowest BCUT2D eigenvalue weighted by Crippen LogP contribution is -2.45. The molecule has 2 atom stereocenters. The highest BCUT2D eigenvalue weighted by Gasteiger charge is 2.40. The van der Waals surface area contributed by atoms with Gasteiger partial charge in [-0.3, -0.25) is 9.59 Å². The fourth-order valence-corrected chi connectivity index (χ4v) is 5.72. The summed E-state index contributed by atoms with van der Waals surface area (Å²) in [7, 11) is 2.05. The number of aryl methyl sites for hydroxylation is 2. The van der Waals surface area contributed by atoms with E-state index >= 15 is 0 Å². The van der Waals surface area contributed by atoms with Crippen LogP contribution >= 0.6 is 11.8 Å². The number of benzene rings is 3. The summed E-state index contributed by atoms with van der Waals surface area (Å²) in [4.78, 5) is 31.1. The molecule has 1 aliphatic heterocycles. The second kappa shape index (κ2) is 11.1. The summed E-state index contributed by atoms with van der Waals surface area (Å²) in [5.41, 5.74) is 5.32. The van der Waals surface area contributed by atoms with E-state index in [-0.39, 0.29) is 11.2 Å². The topological polar surface area (TPSA) is 49.9 Å². The molecule has 35 heavy (non-hydrogen) atoms. The van der Waals surface area contributed by atoms with Crippen molar-refractivity contribution in [1.29, 1.82) is 0 Å². The zero-order valence-electron chi connectivity index (χ0n) is 20.7.